The third-order valence-corrected chi connectivity index (χ3v) is 4.21. The van der Waals surface area contributed by atoms with E-state index in [1.807, 2.05) is 19.1 Å². The second kappa shape index (κ2) is 5.76. The van der Waals surface area contributed by atoms with E-state index < -0.39 is 0 Å². The maximum absolute atomic E-state index is 11.8. The van der Waals surface area contributed by atoms with E-state index >= 15 is 0 Å². The van der Waals surface area contributed by atoms with E-state index in [1.165, 1.54) is 16.9 Å². The highest BCUT2D eigenvalue weighted by Crippen LogP contribution is 2.26. The number of aryl methyl sites for hydroxylation is 1. The molecule has 0 spiro atoms. The maximum atomic E-state index is 11.8. The molecule has 1 aliphatic rings. The second-order valence-corrected chi connectivity index (χ2v) is 5.99. The van der Waals surface area contributed by atoms with Crippen molar-refractivity contribution >= 4 is 32.7 Å². The molecule has 6 heteroatoms. The molecular formula is C14H17N3O2S. The smallest absolute Gasteiger partial charge is 0.321 e. The van der Waals surface area contributed by atoms with Gasteiger partial charge in [-0.15, -0.1) is 0 Å². The maximum Gasteiger partial charge on any atom is 0.321 e. The summed E-state index contributed by atoms with van der Waals surface area (Å²) in [6, 6.07) is 5.83. The monoisotopic (exact) mass is 291 g/mol. The molecule has 1 unspecified atom stereocenters. The van der Waals surface area contributed by atoms with Crippen molar-refractivity contribution in [2.45, 2.75) is 25.9 Å². The Morgan fingerprint density at radius 1 is 1.55 bits per heavy atom. The number of urea groups is 1. The number of aromatic nitrogens is 1. The predicted molar refractivity (Wildman–Crippen MR) is 80.4 cm³/mol. The van der Waals surface area contributed by atoms with Gasteiger partial charge in [0.15, 0.2) is 5.13 Å². The Morgan fingerprint density at radius 3 is 3.25 bits per heavy atom. The fourth-order valence-corrected chi connectivity index (χ4v) is 3.20. The molecule has 1 saturated heterocycles. The van der Waals surface area contributed by atoms with Gasteiger partial charge < -0.3 is 10.1 Å². The number of carbonyl (C=O) groups is 1. The lowest BCUT2D eigenvalue weighted by Gasteiger charge is -2.10. The molecule has 0 aliphatic carbocycles. The van der Waals surface area contributed by atoms with Crippen LogP contribution in [0.15, 0.2) is 18.2 Å². The number of benzene rings is 1. The predicted octanol–water partition coefficient (Wildman–Crippen LogP) is 2.91. The van der Waals surface area contributed by atoms with Gasteiger partial charge in [-0.25, -0.2) is 9.78 Å². The third-order valence-electron chi connectivity index (χ3n) is 3.28. The molecule has 2 N–H and O–H groups in total. The van der Waals surface area contributed by atoms with Gasteiger partial charge in [-0.1, -0.05) is 17.4 Å². The summed E-state index contributed by atoms with van der Waals surface area (Å²) in [6.45, 7) is 3.39. The van der Waals surface area contributed by atoms with E-state index in [9.17, 15) is 4.79 Å². The van der Waals surface area contributed by atoms with E-state index in [4.69, 9.17) is 4.74 Å². The van der Waals surface area contributed by atoms with E-state index in [0.29, 0.717) is 11.7 Å². The number of anilines is 1. The van der Waals surface area contributed by atoms with Gasteiger partial charge in [-0.2, -0.15) is 0 Å². The number of rotatable bonds is 3. The summed E-state index contributed by atoms with van der Waals surface area (Å²) < 4.78 is 6.54. The van der Waals surface area contributed by atoms with Crippen LogP contribution in [0.5, 0.6) is 0 Å². The Morgan fingerprint density at radius 2 is 2.45 bits per heavy atom. The minimum atomic E-state index is -0.226. The highest BCUT2D eigenvalue weighted by atomic mass is 32.1. The number of fused-ring (bicyclic) bond motifs is 1. The van der Waals surface area contributed by atoms with Crippen LogP contribution in [-0.2, 0) is 4.74 Å². The van der Waals surface area contributed by atoms with Gasteiger partial charge in [-0.05, 0) is 37.5 Å². The van der Waals surface area contributed by atoms with Crippen molar-refractivity contribution in [3.05, 3.63) is 23.8 Å². The first-order valence-corrected chi connectivity index (χ1v) is 7.56. The normalized spacial score (nSPS) is 18.4. The Balaban J connectivity index is 1.59. The van der Waals surface area contributed by atoms with Crippen molar-refractivity contribution in [3.63, 3.8) is 0 Å². The summed E-state index contributed by atoms with van der Waals surface area (Å²) in [5.74, 6) is 0. The van der Waals surface area contributed by atoms with Gasteiger partial charge in [0.25, 0.3) is 0 Å². The standard InChI is InChI=1S/C14H17N3O2S/c1-9-4-5-11-12(7-9)20-14(16-11)17-13(18)15-8-10-3-2-6-19-10/h4-5,7,10H,2-3,6,8H2,1H3,(H2,15,16,17,18). The molecule has 1 aromatic heterocycles. The highest BCUT2D eigenvalue weighted by molar-refractivity contribution is 7.22. The van der Waals surface area contributed by atoms with Crippen LogP contribution in [0.25, 0.3) is 10.2 Å². The molecule has 2 aromatic rings. The molecule has 1 aliphatic heterocycles. The Bertz CT molecular complexity index is 620. The van der Waals surface area contributed by atoms with E-state index in [2.05, 4.69) is 21.7 Å². The van der Waals surface area contributed by atoms with Crippen LogP contribution in [-0.4, -0.2) is 30.3 Å². The molecular weight excluding hydrogens is 274 g/mol. The molecule has 1 fully saturated rings. The molecule has 0 bridgehead atoms. The van der Waals surface area contributed by atoms with Gasteiger partial charge in [0.1, 0.15) is 0 Å². The van der Waals surface area contributed by atoms with Crippen molar-refractivity contribution in [3.8, 4) is 0 Å². The summed E-state index contributed by atoms with van der Waals surface area (Å²) in [6.07, 6.45) is 2.24. The summed E-state index contributed by atoms with van der Waals surface area (Å²) >= 11 is 1.48. The van der Waals surface area contributed by atoms with Gasteiger partial charge >= 0.3 is 6.03 Å². The zero-order valence-electron chi connectivity index (χ0n) is 11.3. The van der Waals surface area contributed by atoms with Crippen LogP contribution in [0.4, 0.5) is 9.93 Å². The lowest BCUT2D eigenvalue weighted by molar-refractivity contribution is 0.112. The summed E-state index contributed by atoms with van der Waals surface area (Å²) in [7, 11) is 0. The van der Waals surface area contributed by atoms with Crippen LogP contribution in [0.3, 0.4) is 0 Å². The van der Waals surface area contributed by atoms with E-state index in [-0.39, 0.29) is 12.1 Å². The quantitative estimate of drug-likeness (QED) is 0.914. The number of nitrogens with zero attached hydrogens (tertiary/aromatic N) is 1. The second-order valence-electron chi connectivity index (χ2n) is 4.96. The third kappa shape index (κ3) is 3.08. The fourth-order valence-electron chi connectivity index (χ4n) is 2.24. The van der Waals surface area contributed by atoms with Gasteiger partial charge in [0.05, 0.1) is 16.3 Å². The number of amides is 2. The van der Waals surface area contributed by atoms with E-state index in [0.717, 1.165) is 29.7 Å². The molecule has 2 amide bonds. The molecule has 106 valence electrons. The first-order valence-electron chi connectivity index (χ1n) is 6.74. The molecule has 20 heavy (non-hydrogen) atoms. The molecule has 2 heterocycles. The van der Waals surface area contributed by atoms with Crippen molar-refractivity contribution in [2.75, 3.05) is 18.5 Å². The first kappa shape index (κ1) is 13.3. The lowest BCUT2D eigenvalue weighted by Crippen LogP contribution is -2.34. The molecule has 1 atom stereocenters. The zero-order valence-corrected chi connectivity index (χ0v) is 12.1. The topological polar surface area (TPSA) is 63.2 Å². The van der Waals surface area contributed by atoms with Crippen molar-refractivity contribution in [1.82, 2.24) is 10.3 Å². The first-order chi connectivity index (χ1) is 9.70. The lowest BCUT2D eigenvalue weighted by atomic mass is 10.2. The van der Waals surface area contributed by atoms with E-state index in [1.54, 1.807) is 0 Å². The van der Waals surface area contributed by atoms with Crippen molar-refractivity contribution < 1.29 is 9.53 Å². The number of hydrogen-bond acceptors (Lipinski definition) is 4. The highest BCUT2D eigenvalue weighted by Gasteiger charge is 2.16. The Kier molecular flexibility index (Phi) is 3.84. The van der Waals surface area contributed by atoms with Crippen molar-refractivity contribution in [1.29, 1.82) is 0 Å². The SMILES string of the molecule is Cc1ccc2nc(NC(=O)NCC3CCCO3)sc2c1. The van der Waals surface area contributed by atoms with Crippen LogP contribution in [0.1, 0.15) is 18.4 Å². The largest absolute Gasteiger partial charge is 0.376 e. The minimum absolute atomic E-state index is 0.152. The zero-order chi connectivity index (χ0) is 13.9. The van der Waals surface area contributed by atoms with Crippen LogP contribution in [0.2, 0.25) is 0 Å². The number of carbonyl (C=O) groups excluding carboxylic acids is 1. The van der Waals surface area contributed by atoms with Crippen LogP contribution < -0.4 is 10.6 Å². The van der Waals surface area contributed by atoms with Crippen LogP contribution in [0, 0.1) is 6.92 Å². The Hall–Kier alpha value is -1.66. The number of thiazole rings is 1. The Labute approximate surface area is 121 Å². The molecule has 1 aromatic carbocycles. The summed E-state index contributed by atoms with van der Waals surface area (Å²) in [5.41, 5.74) is 2.10. The molecule has 5 nitrogen and oxygen atoms in total. The van der Waals surface area contributed by atoms with Gasteiger partial charge in [-0.3, -0.25) is 5.32 Å². The van der Waals surface area contributed by atoms with Gasteiger partial charge in [0, 0.05) is 13.2 Å². The van der Waals surface area contributed by atoms with Crippen molar-refractivity contribution in [2.24, 2.45) is 0 Å². The summed E-state index contributed by atoms with van der Waals surface area (Å²) in [4.78, 5) is 16.2. The average molecular weight is 291 g/mol. The molecule has 0 radical (unpaired) electrons. The molecule has 0 saturated carbocycles. The minimum Gasteiger partial charge on any atom is -0.376 e. The number of hydrogen-bond donors (Lipinski definition) is 2. The molecule has 3 rings (SSSR count). The fraction of sp³-hybridized carbons (Fsp3) is 0.429. The van der Waals surface area contributed by atoms with Gasteiger partial charge in [0.2, 0.25) is 0 Å². The van der Waals surface area contributed by atoms with Crippen LogP contribution >= 0.6 is 11.3 Å². The summed E-state index contributed by atoms with van der Waals surface area (Å²) in [5, 5.41) is 6.22. The average Bonchev–Trinajstić information content (AvgIpc) is 3.04. The number of ether oxygens (including phenoxy) is 1. The number of nitrogens with one attached hydrogen (secondary N) is 2.